The molecule has 0 spiro atoms. The second kappa shape index (κ2) is 8.36. The number of hydrogen-bond donors (Lipinski definition) is 1. The van der Waals surface area contributed by atoms with Crippen molar-refractivity contribution < 1.29 is 22.7 Å². The summed E-state index contributed by atoms with van der Waals surface area (Å²) in [6.07, 6.45) is 1.01. The van der Waals surface area contributed by atoms with Gasteiger partial charge in [-0.2, -0.15) is 18.2 Å². The normalized spacial score (nSPS) is 17.1. The average molecular weight is 450 g/mol. The van der Waals surface area contributed by atoms with E-state index in [2.05, 4.69) is 15.3 Å². The number of amides is 2. The van der Waals surface area contributed by atoms with Crippen LogP contribution in [0.25, 0.3) is 0 Å². The van der Waals surface area contributed by atoms with Crippen molar-refractivity contribution >= 4 is 29.2 Å². The Hall–Kier alpha value is -3.24. The van der Waals surface area contributed by atoms with Crippen molar-refractivity contribution in [2.24, 2.45) is 0 Å². The van der Waals surface area contributed by atoms with Crippen molar-refractivity contribution in [1.29, 1.82) is 0 Å². The molecule has 4 rings (SSSR count). The molecule has 11 heteroatoms. The molecule has 1 aliphatic carbocycles. The molecule has 0 radical (unpaired) electrons. The Bertz CT molecular complexity index is 1010. The number of ether oxygens (including phenoxy) is 1. The molecule has 172 valence electrons. The molecule has 1 fully saturated rings. The van der Waals surface area contributed by atoms with E-state index in [1.807, 2.05) is 11.9 Å². The number of carbonyl (C=O) groups is 1. The number of fused-ring (bicyclic) bond motifs is 1. The van der Waals surface area contributed by atoms with E-state index in [4.69, 9.17) is 4.74 Å². The van der Waals surface area contributed by atoms with E-state index in [1.54, 1.807) is 12.1 Å². The summed E-state index contributed by atoms with van der Waals surface area (Å²) in [5.74, 6) is 0.891. The third-order valence-corrected chi connectivity index (χ3v) is 5.84. The predicted octanol–water partition coefficient (Wildman–Crippen LogP) is 4.80. The van der Waals surface area contributed by atoms with E-state index in [0.717, 1.165) is 37.8 Å². The van der Waals surface area contributed by atoms with Crippen LogP contribution in [-0.4, -0.2) is 47.8 Å². The second-order valence-corrected chi connectivity index (χ2v) is 7.78. The highest BCUT2D eigenvalue weighted by atomic mass is 19.4. The summed E-state index contributed by atoms with van der Waals surface area (Å²) in [6.45, 7) is 2.36. The molecular formula is C21H25F3N6O2. The average Bonchev–Trinajstić information content (AvgIpc) is 3.29. The molecule has 2 aliphatic rings. The number of halogens is 3. The summed E-state index contributed by atoms with van der Waals surface area (Å²) >= 11 is 0. The minimum atomic E-state index is -4.50. The van der Waals surface area contributed by atoms with Gasteiger partial charge in [-0.1, -0.05) is 12.8 Å². The molecule has 0 saturated heterocycles. The zero-order valence-electron chi connectivity index (χ0n) is 18.1. The quantitative estimate of drug-likeness (QED) is 0.705. The van der Waals surface area contributed by atoms with Gasteiger partial charge in [-0.15, -0.1) is 0 Å². The number of hydrogen-bond acceptors (Lipinski definition) is 6. The number of nitrogens with one attached hydrogen (secondary N) is 1. The zero-order chi connectivity index (χ0) is 23.0. The maximum atomic E-state index is 13.2. The van der Waals surface area contributed by atoms with Crippen LogP contribution < -0.4 is 20.0 Å². The van der Waals surface area contributed by atoms with Gasteiger partial charge in [0.05, 0.1) is 30.6 Å². The Balaban J connectivity index is 1.75. The fourth-order valence-electron chi connectivity index (χ4n) is 4.22. The Labute approximate surface area is 184 Å². The summed E-state index contributed by atoms with van der Waals surface area (Å²) in [5, 5.41) is 6.43. The molecule has 1 aromatic heterocycles. The highest BCUT2D eigenvalue weighted by Crippen LogP contribution is 2.40. The number of urea groups is 1. The van der Waals surface area contributed by atoms with Crippen molar-refractivity contribution in [3.63, 3.8) is 0 Å². The van der Waals surface area contributed by atoms with Crippen LogP contribution in [0.3, 0.4) is 0 Å². The van der Waals surface area contributed by atoms with E-state index in [9.17, 15) is 18.0 Å². The molecule has 1 aromatic carbocycles. The topological polar surface area (TPSA) is 73.8 Å². The fourth-order valence-corrected chi connectivity index (χ4v) is 4.22. The summed E-state index contributed by atoms with van der Waals surface area (Å²) in [5.41, 5.74) is -0.163. The van der Waals surface area contributed by atoms with E-state index in [1.165, 1.54) is 24.3 Å². The number of anilines is 4. The van der Waals surface area contributed by atoms with Crippen LogP contribution in [-0.2, 0) is 6.18 Å². The van der Waals surface area contributed by atoms with Gasteiger partial charge in [-0.3, -0.25) is 9.91 Å². The van der Waals surface area contributed by atoms with Crippen LogP contribution in [0.1, 0.15) is 38.2 Å². The Kier molecular flexibility index (Phi) is 5.74. The number of hydrazine groups is 1. The third-order valence-electron chi connectivity index (χ3n) is 5.84. The molecule has 1 N–H and O–H groups in total. The number of carbonyl (C=O) groups excluding carboxylic acids is 1. The number of rotatable bonds is 5. The van der Waals surface area contributed by atoms with Gasteiger partial charge in [0.2, 0.25) is 5.95 Å². The van der Waals surface area contributed by atoms with Crippen LogP contribution in [0.15, 0.2) is 24.4 Å². The highest BCUT2D eigenvalue weighted by Gasteiger charge is 2.39. The van der Waals surface area contributed by atoms with Crippen molar-refractivity contribution in [3.8, 4) is 5.75 Å². The van der Waals surface area contributed by atoms with Crippen molar-refractivity contribution in [2.45, 2.75) is 44.8 Å². The maximum Gasteiger partial charge on any atom is 0.416 e. The van der Waals surface area contributed by atoms with Gasteiger partial charge in [0, 0.05) is 13.6 Å². The van der Waals surface area contributed by atoms with Crippen molar-refractivity contribution in [3.05, 3.63) is 30.0 Å². The summed E-state index contributed by atoms with van der Waals surface area (Å²) in [6, 6.07) is 3.12. The number of alkyl halides is 3. The van der Waals surface area contributed by atoms with Gasteiger partial charge in [-0.25, -0.2) is 14.8 Å². The number of methoxy groups -OCH3 is 1. The summed E-state index contributed by atoms with van der Waals surface area (Å²) in [4.78, 5) is 23.2. The van der Waals surface area contributed by atoms with Crippen LogP contribution in [0.4, 0.5) is 41.1 Å². The molecule has 1 saturated carbocycles. The monoisotopic (exact) mass is 450 g/mol. The Morgan fingerprint density at radius 2 is 1.97 bits per heavy atom. The molecule has 2 amide bonds. The number of nitrogens with zero attached hydrogens (tertiary/aromatic N) is 5. The second-order valence-electron chi connectivity index (χ2n) is 7.78. The molecule has 32 heavy (non-hydrogen) atoms. The first-order valence-corrected chi connectivity index (χ1v) is 10.5. The lowest BCUT2D eigenvalue weighted by molar-refractivity contribution is -0.137. The van der Waals surface area contributed by atoms with Gasteiger partial charge < -0.3 is 10.1 Å². The lowest BCUT2D eigenvalue weighted by Crippen LogP contribution is -2.59. The van der Waals surface area contributed by atoms with Crippen LogP contribution in [0, 0.1) is 0 Å². The first-order valence-electron chi connectivity index (χ1n) is 10.5. The first-order chi connectivity index (χ1) is 15.2. The minimum Gasteiger partial charge on any atom is -0.495 e. The van der Waals surface area contributed by atoms with E-state index in [-0.39, 0.29) is 29.5 Å². The minimum absolute atomic E-state index is 0.0993. The van der Waals surface area contributed by atoms with Crippen molar-refractivity contribution in [1.82, 2.24) is 15.0 Å². The summed E-state index contributed by atoms with van der Waals surface area (Å²) in [7, 11) is 3.03. The lowest BCUT2D eigenvalue weighted by atomic mass is 10.2. The van der Waals surface area contributed by atoms with Crippen LogP contribution in [0.5, 0.6) is 5.75 Å². The Morgan fingerprint density at radius 1 is 1.25 bits per heavy atom. The molecule has 2 aromatic rings. The molecule has 2 heterocycles. The molecule has 0 unspecified atom stereocenters. The Morgan fingerprint density at radius 3 is 2.59 bits per heavy atom. The SMILES string of the molecule is CCN1C(=O)N(C)c2cnc(Nc3cc(C(F)(F)F)ccc3OC)nc2N1C1CCCC1. The van der Waals surface area contributed by atoms with Crippen molar-refractivity contribution in [2.75, 3.05) is 35.9 Å². The molecule has 1 aliphatic heterocycles. The smallest absolute Gasteiger partial charge is 0.416 e. The van der Waals surface area contributed by atoms with Crippen LogP contribution in [0.2, 0.25) is 0 Å². The molecule has 8 nitrogen and oxygen atoms in total. The van der Waals surface area contributed by atoms with E-state index in [0.29, 0.717) is 18.1 Å². The van der Waals surface area contributed by atoms with Gasteiger partial charge in [0.1, 0.15) is 11.4 Å². The highest BCUT2D eigenvalue weighted by molar-refractivity contribution is 5.98. The molecule has 0 bridgehead atoms. The maximum absolute atomic E-state index is 13.2. The van der Waals surface area contributed by atoms with E-state index >= 15 is 0 Å². The molecular weight excluding hydrogens is 425 g/mol. The van der Waals surface area contributed by atoms with Gasteiger partial charge in [-0.05, 0) is 38.0 Å². The van der Waals surface area contributed by atoms with E-state index < -0.39 is 11.7 Å². The summed E-state index contributed by atoms with van der Waals surface area (Å²) < 4.78 is 44.8. The van der Waals surface area contributed by atoms with Crippen LogP contribution >= 0.6 is 0 Å². The molecule has 0 atom stereocenters. The fraction of sp³-hybridized carbons (Fsp3) is 0.476. The number of benzene rings is 1. The van der Waals surface area contributed by atoms with Gasteiger partial charge in [0.15, 0.2) is 5.82 Å². The lowest BCUT2D eigenvalue weighted by Gasteiger charge is -2.45. The third kappa shape index (κ3) is 3.87. The number of aromatic nitrogens is 2. The largest absolute Gasteiger partial charge is 0.495 e. The first kappa shape index (κ1) is 22.0. The zero-order valence-corrected chi connectivity index (χ0v) is 18.1. The predicted molar refractivity (Wildman–Crippen MR) is 114 cm³/mol. The van der Waals surface area contributed by atoms with Gasteiger partial charge >= 0.3 is 12.2 Å². The standard InChI is InChI=1S/C21H25F3N6O2/c1-4-29-20(31)28(2)16-12-25-19(27-18(16)30(29)14-7-5-6-8-14)26-15-11-13(21(22,23)24)9-10-17(15)32-3/h9-12,14H,4-8H2,1-3H3,(H,25,26,27). The van der Waals surface area contributed by atoms with Gasteiger partial charge in [0.25, 0.3) is 0 Å².